The molecule has 4 rings (SSSR count). The van der Waals surface area contributed by atoms with Gasteiger partial charge >= 0.3 is 0 Å². The summed E-state index contributed by atoms with van der Waals surface area (Å²) in [6, 6.07) is 33.8. The first-order valence-corrected chi connectivity index (χ1v) is 12.1. The number of rotatable bonds is 7. The van der Waals surface area contributed by atoms with E-state index in [1.54, 1.807) is 26.4 Å². The van der Waals surface area contributed by atoms with Crippen LogP contribution in [0.15, 0.2) is 103 Å². The lowest BCUT2D eigenvalue weighted by atomic mass is 10.2. The molecule has 0 saturated heterocycles. The predicted molar refractivity (Wildman–Crippen MR) is 128 cm³/mol. The number of methoxy groups -OCH3 is 2. The molecule has 2 nitrogen and oxygen atoms in total. The second-order valence-corrected chi connectivity index (χ2v) is 10.7. The van der Waals surface area contributed by atoms with Crippen molar-refractivity contribution in [2.45, 2.75) is 6.16 Å². The second-order valence-electron chi connectivity index (χ2n) is 7.27. The first kappa shape index (κ1) is 21.1. The Bertz CT molecular complexity index is 1110. The number of ether oxygens (including phenoxy) is 2. The van der Waals surface area contributed by atoms with Crippen LogP contribution < -0.4 is 25.4 Å². The van der Waals surface area contributed by atoms with Crippen molar-refractivity contribution in [2.75, 3.05) is 14.2 Å². The zero-order valence-corrected chi connectivity index (χ0v) is 18.6. The summed E-state index contributed by atoms with van der Waals surface area (Å²) in [5.41, 5.74) is 0.842. The molecule has 4 aromatic carbocycles. The largest absolute Gasteiger partial charge is 0.496 e. The molecule has 0 unspecified atom stereocenters. The maximum absolute atomic E-state index is 14.3. The minimum Gasteiger partial charge on any atom is -0.496 e. The van der Waals surface area contributed by atoms with Crippen molar-refractivity contribution in [3.8, 4) is 11.5 Å². The van der Waals surface area contributed by atoms with E-state index in [4.69, 9.17) is 9.47 Å². The van der Waals surface area contributed by atoms with Crippen molar-refractivity contribution in [3.63, 3.8) is 0 Å². The first-order valence-electron chi connectivity index (χ1n) is 10.1. The second kappa shape index (κ2) is 9.32. The third-order valence-corrected chi connectivity index (χ3v) is 9.91. The van der Waals surface area contributed by atoms with Crippen molar-refractivity contribution >= 4 is 23.2 Å². The average Bonchev–Trinajstić information content (AvgIpc) is 2.84. The van der Waals surface area contributed by atoms with Crippen molar-refractivity contribution in [2.24, 2.45) is 0 Å². The molecule has 0 aromatic heterocycles. The molecule has 0 aliphatic rings. The summed E-state index contributed by atoms with van der Waals surface area (Å²) in [4.78, 5) is 0. The standard InChI is InChI=1S/C27H25FO2P/c1-29-25-18-17-22(28)19-21(25)20-31(23-11-5-3-6-12-23,24-13-7-4-8-14-24)27-16-10-9-15-26(27)30-2/h3-19H,20H2,1-2H3/q+1. The van der Waals surface area contributed by atoms with Crippen LogP contribution in [0.25, 0.3) is 0 Å². The average molecular weight is 431 g/mol. The molecule has 0 fully saturated rings. The summed E-state index contributed by atoms with van der Waals surface area (Å²) >= 11 is 0. The normalized spacial score (nSPS) is 11.2. The van der Waals surface area contributed by atoms with Crippen LogP contribution in [-0.2, 0) is 6.16 Å². The van der Waals surface area contributed by atoms with Crippen LogP contribution in [0, 0.1) is 5.82 Å². The monoisotopic (exact) mass is 431 g/mol. The van der Waals surface area contributed by atoms with E-state index < -0.39 is 7.26 Å². The maximum atomic E-state index is 14.3. The van der Waals surface area contributed by atoms with E-state index in [1.807, 2.05) is 30.3 Å². The Morgan fingerprint density at radius 1 is 0.645 bits per heavy atom. The highest BCUT2D eigenvalue weighted by Crippen LogP contribution is 2.60. The van der Waals surface area contributed by atoms with E-state index >= 15 is 0 Å². The third kappa shape index (κ3) is 4.06. The molecule has 4 aromatic rings. The van der Waals surface area contributed by atoms with E-state index in [-0.39, 0.29) is 5.82 Å². The van der Waals surface area contributed by atoms with Crippen LogP contribution in [0.5, 0.6) is 11.5 Å². The van der Waals surface area contributed by atoms with E-state index in [2.05, 4.69) is 54.6 Å². The van der Waals surface area contributed by atoms with Crippen LogP contribution in [0.2, 0.25) is 0 Å². The fourth-order valence-electron chi connectivity index (χ4n) is 4.13. The number of hydrogen-bond donors (Lipinski definition) is 0. The van der Waals surface area contributed by atoms with Gasteiger partial charge in [-0.3, -0.25) is 0 Å². The molecule has 0 N–H and O–H groups in total. The van der Waals surface area contributed by atoms with Gasteiger partial charge in [0, 0.05) is 5.56 Å². The summed E-state index contributed by atoms with van der Waals surface area (Å²) in [6.45, 7) is 0. The molecule has 31 heavy (non-hydrogen) atoms. The highest BCUT2D eigenvalue weighted by Gasteiger charge is 2.48. The van der Waals surface area contributed by atoms with E-state index in [1.165, 1.54) is 16.7 Å². The summed E-state index contributed by atoms with van der Waals surface area (Å²) in [6.07, 6.45) is 0.613. The molecule has 0 amide bonds. The van der Waals surface area contributed by atoms with E-state index in [0.29, 0.717) is 11.9 Å². The molecule has 0 heterocycles. The maximum Gasteiger partial charge on any atom is 0.161 e. The van der Waals surface area contributed by atoms with Gasteiger partial charge in [0.05, 0.1) is 14.2 Å². The molecule has 156 valence electrons. The molecule has 0 spiro atoms. The van der Waals surface area contributed by atoms with Gasteiger partial charge in [-0.05, 0) is 54.6 Å². The lowest BCUT2D eigenvalue weighted by molar-refractivity contribution is 0.410. The van der Waals surface area contributed by atoms with Gasteiger partial charge in [0.2, 0.25) is 0 Å². The summed E-state index contributed by atoms with van der Waals surface area (Å²) in [7, 11) is 1.07. The molecule has 4 heteroatoms. The Labute approximate surface area is 183 Å². The Morgan fingerprint density at radius 2 is 1.19 bits per heavy atom. The summed E-state index contributed by atoms with van der Waals surface area (Å²) in [5.74, 6) is 1.25. The molecule has 0 aliphatic carbocycles. The molecule has 0 bridgehead atoms. The van der Waals surface area contributed by atoms with Crippen LogP contribution in [0.4, 0.5) is 4.39 Å². The smallest absolute Gasteiger partial charge is 0.161 e. The zero-order chi connectivity index (χ0) is 21.7. The Morgan fingerprint density at radius 3 is 1.77 bits per heavy atom. The van der Waals surface area contributed by atoms with Gasteiger partial charge in [0.1, 0.15) is 40.9 Å². The van der Waals surface area contributed by atoms with Gasteiger partial charge in [0.25, 0.3) is 0 Å². The molecular formula is C27H25FO2P+. The van der Waals surface area contributed by atoms with E-state index in [9.17, 15) is 4.39 Å². The van der Waals surface area contributed by atoms with Crippen LogP contribution in [-0.4, -0.2) is 14.2 Å². The quantitative estimate of drug-likeness (QED) is 0.368. The van der Waals surface area contributed by atoms with Gasteiger partial charge in [0.15, 0.2) is 5.75 Å². The fraction of sp³-hybridized carbons (Fsp3) is 0.111. The van der Waals surface area contributed by atoms with Gasteiger partial charge in [-0.1, -0.05) is 48.5 Å². The molecule has 0 radical (unpaired) electrons. The third-order valence-electron chi connectivity index (χ3n) is 5.54. The Kier molecular flexibility index (Phi) is 6.34. The number of benzene rings is 4. The Balaban J connectivity index is 2.07. The molecule has 0 aliphatic heterocycles. The fourth-order valence-corrected chi connectivity index (χ4v) is 8.52. The number of halogens is 1. The summed E-state index contributed by atoms with van der Waals surface area (Å²) in [5, 5.41) is 3.54. The van der Waals surface area contributed by atoms with Crippen LogP contribution in [0.3, 0.4) is 0 Å². The zero-order valence-electron chi connectivity index (χ0n) is 17.7. The highest BCUT2D eigenvalue weighted by molar-refractivity contribution is 7.95. The molecule has 0 saturated carbocycles. The van der Waals surface area contributed by atoms with Gasteiger partial charge in [-0.2, -0.15) is 0 Å². The van der Waals surface area contributed by atoms with Crippen LogP contribution in [0.1, 0.15) is 5.56 Å². The first-order chi connectivity index (χ1) is 15.2. The number of para-hydroxylation sites is 1. The topological polar surface area (TPSA) is 18.5 Å². The molecular weight excluding hydrogens is 406 g/mol. The minimum absolute atomic E-state index is 0.268. The SMILES string of the molecule is COc1ccc(F)cc1C[P+](c1ccccc1)(c1ccccc1)c1ccccc1OC. The van der Waals surface area contributed by atoms with E-state index in [0.717, 1.165) is 16.6 Å². The minimum atomic E-state index is -2.26. The predicted octanol–water partition coefficient (Wildman–Crippen LogP) is 5.34. The van der Waals surface area contributed by atoms with Crippen molar-refractivity contribution in [3.05, 3.63) is 115 Å². The van der Waals surface area contributed by atoms with Crippen molar-refractivity contribution in [1.29, 1.82) is 0 Å². The van der Waals surface area contributed by atoms with Crippen molar-refractivity contribution < 1.29 is 13.9 Å². The van der Waals surface area contributed by atoms with Crippen molar-refractivity contribution in [1.82, 2.24) is 0 Å². The molecule has 0 atom stereocenters. The lowest BCUT2D eigenvalue weighted by Crippen LogP contribution is -2.33. The lowest BCUT2D eigenvalue weighted by Gasteiger charge is -2.29. The van der Waals surface area contributed by atoms with Crippen LogP contribution >= 0.6 is 7.26 Å². The number of hydrogen-bond acceptors (Lipinski definition) is 2. The van der Waals surface area contributed by atoms with Gasteiger partial charge < -0.3 is 9.47 Å². The Hall–Kier alpha value is -3.16. The highest BCUT2D eigenvalue weighted by atomic mass is 31.2. The van der Waals surface area contributed by atoms with Gasteiger partial charge in [-0.15, -0.1) is 0 Å². The summed E-state index contributed by atoms with van der Waals surface area (Å²) < 4.78 is 25.8. The van der Waals surface area contributed by atoms with Gasteiger partial charge in [-0.25, -0.2) is 4.39 Å².